The summed E-state index contributed by atoms with van der Waals surface area (Å²) < 4.78 is 5.29. The van der Waals surface area contributed by atoms with Gasteiger partial charge in [-0.25, -0.2) is 9.97 Å². The fraction of sp³-hybridized carbons (Fsp3) is 0.241. The summed E-state index contributed by atoms with van der Waals surface area (Å²) in [5, 5.41) is 3.56. The first-order valence-corrected chi connectivity index (χ1v) is 13.5. The molecule has 0 radical (unpaired) electrons. The summed E-state index contributed by atoms with van der Waals surface area (Å²) in [6.45, 7) is 4.76. The molecule has 0 spiro atoms. The SMILES string of the molecule is CC(=O)N1CCN(c2cc(-c3ccccc3)nc(SCc3cccc(C(=O)NCc4ccco4)c3)n2)CC1. The number of furan rings is 1. The Morgan fingerprint density at radius 1 is 0.947 bits per heavy atom. The zero-order valence-corrected chi connectivity index (χ0v) is 22.0. The fourth-order valence-corrected chi connectivity index (χ4v) is 5.08. The van der Waals surface area contributed by atoms with E-state index >= 15 is 0 Å². The molecule has 1 N–H and O–H groups in total. The predicted molar refractivity (Wildman–Crippen MR) is 148 cm³/mol. The monoisotopic (exact) mass is 527 g/mol. The van der Waals surface area contributed by atoms with Crippen LogP contribution in [0, 0.1) is 0 Å². The summed E-state index contributed by atoms with van der Waals surface area (Å²) in [5.74, 6) is 2.14. The molecule has 0 saturated carbocycles. The van der Waals surface area contributed by atoms with Crippen molar-refractivity contribution in [3.63, 3.8) is 0 Å². The lowest BCUT2D eigenvalue weighted by molar-refractivity contribution is -0.129. The maximum absolute atomic E-state index is 12.6. The molecule has 1 aliphatic heterocycles. The van der Waals surface area contributed by atoms with Crippen LogP contribution in [0.4, 0.5) is 5.82 Å². The molecule has 1 aliphatic rings. The highest BCUT2D eigenvalue weighted by Gasteiger charge is 2.21. The number of nitrogens with one attached hydrogen (secondary N) is 1. The maximum Gasteiger partial charge on any atom is 0.251 e. The smallest absolute Gasteiger partial charge is 0.251 e. The lowest BCUT2D eigenvalue weighted by Gasteiger charge is -2.35. The highest BCUT2D eigenvalue weighted by Crippen LogP contribution is 2.28. The van der Waals surface area contributed by atoms with Gasteiger partial charge in [-0.05, 0) is 29.8 Å². The Labute approximate surface area is 226 Å². The van der Waals surface area contributed by atoms with Crippen molar-refractivity contribution in [3.05, 3.63) is 95.9 Å². The van der Waals surface area contributed by atoms with E-state index in [9.17, 15) is 9.59 Å². The van der Waals surface area contributed by atoms with Crippen molar-refractivity contribution >= 4 is 29.4 Å². The van der Waals surface area contributed by atoms with Gasteiger partial charge in [0.1, 0.15) is 11.6 Å². The first-order valence-electron chi connectivity index (χ1n) is 12.5. The third-order valence-corrected chi connectivity index (χ3v) is 7.29. The second-order valence-electron chi connectivity index (χ2n) is 9.00. The summed E-state index contributed by atoms with van der Waals surface area (Å²) >= 11 is 1.54. The van der Waals surface area contributed by atoms with Crippen molar-refractivity contribution in [2.24, 2.45) is 0 Å². The summed E-state index contributed by atoms with van der Waals surface area (Å²) in [6.07, 6.45) is 1.59. The average molecular weight is 528 g/mol. The van der Waals surface area contributed by atoms with Gasteiger partial charge in [0.2, 0.25) is 5.91 Å². The minimum absolute atomic E-state index is 0.102. The van der Waals surface area contributed by atoms with Crippen molar-refractivity contribution in [2.75, 3.05) is 31.1 Å². The van der Waals surface area contributed by atoms with E-state index in [0.717, 1.165) is 35.7 Å². The van der Waals surface area contributed by atoms with Gasteiger partial charge in [-0.2, -0.15) is 0 Å². The van der Waals surface area contributed by atoms with Gasteiger partial charge in [-0.1, -0.05) is 54.2 Å². The zero-order chi connectivity index (χ0) is 26.3. The van der Waals surface area contributed by atoms with Crippen molar-refractivity contribution in [3.8, 4) is 11.3 Å². The second kappa shape index (κ2) is 12.0. The van der Waals surface area contributed by atoms with E-state index in [1.807, 2.05) is 65.6 Å². The molecule has 5 rings (SSSR count). The lowest BCUT2D eigenvalue weighted by Crippen LogP contribution is -2.48. The van der Waals surface area contributed by atoms with E-state index in [-0.39, 0.29) is 11.8 Å². The molecule has 0 bridgehead atoms. The van der Waals surface area contributed by atoms with Gasteiger partial charge in [0.25, 0.3) is 5.91 Å². The largest absolute Gasteiger partial charge is 0.467 e. The Balaban J connectivity index is 1.31. The van der Waals surface area contributed by atoms with Crippen molar-refractivity contribution in [1.29, 1.82) is 0 Å². The minimum atomic E-state index is -0.150. The number of amides is 2. The molecule has 194 valence electrons. The van der Waals surface area contributed by atoms with Crippen LogP contribution in [0.25, 0.3) is 11.3 Å². The number of carbonyl (C=O) groups excluding carboxylic acids is 2. The van der Waals surface area contributed by atoms with E-state index in [1.54, 1.807) is 25.3 Å². The molecule has 2 aromatic carbocycles. The number of hydrogen-bond acceptors (Lipinski definition) is 7. The Hall–Kier alpha value is -4.11. The molecule has 3 heterocycles. The highest BCUT2D eigenvalue weighted by atomic mass is 32.2. The molecule has 2 amide bonds. The number of carbonyl (C=O) groups is 2. The number of thioether (sulfide) groups is 1. The van der Waals surface area contributed by atoms with Gasteiger partial charge in [-0.15, -0.1) is 0 Å². The number of benzene rings is 2. The Morgan fingerprint density at radius 3 is 2.50 bits per heavy atom. The summed E-state index contributed by atoms with van der Waals surface area (Å²) in [4.78, 5) is 38.2. The number of piperazine rings is 1. The van der Waals surface area contributed by atoms with Crippen LogP contribution in [0.2, 0.25) is 0 Å². The lowest BCUT2D eigenvalue weighted by atomic mass is 10.1. The molecule has 2 aromatic heterocycles. The van der Waals surface area contributed by atoms with E-state index in [0.29, 0.717) is 41.9 Å². The predicted octanol–water partition coefficient (Wildman–Crippen LogP) is 4.63. The van der Waals surface area contributed by atoms with Gasteiger partial charge >= 0.3 is 0 Å². The molecule has 8 nitrogen and oxygen atoms in total. The number of nitrogens with zero attached hydrogens (tertiary/aromatic N) is 4. The molecule has 4 aromatic rings. The molecule has 0 unspecified atom stereocenters. The normalized spacial score (nSPS) is 13.4. The van der Waals surface area contributed by atoms with Crippen molar-refractivity contribution in [1.82, 2.24) is 20.2 Å². The summed E-state index contributed by atoms with van der Waals surface area (Å²) in [5.41, 5.74) is 3.48. The highest BCUT2D eigenvalue weighted by molar-refractivity contribution is 7.98. The van der Waals surface area contributed by atoms with Gasteiger partial charge in [0, 0.05) is 56.0 Å². The molecule has 1 saturated heterocycles. The third-order valence-electron chi connectivity index (χ3n) is 6.37. The number of aromatic nitrogens is 2. The van der Waals surface area contributed by atoms with Crippen molar-refractivity contribution < 1.29 is 14.0 Å². The van der Waals surface area contributed by atoms with E-state index in [1.165, 1.54) is 11.8 Å². The van der Waals surface area contributed by atoms with Crippen LogP contribution >= 0.6 is 11.8 Å². The Morgan fingerprint density at radius 2 is 1.76 bits per heavy atom. The number of anilines is 1. The molecule has 1 fully saturated rings. The summed E-state index contributed by atoms with van der Waals surface area (Å²) in [6, 6.07) is 23.3. The zero-order valence-electron chi connectivity index (χ0n) is 21.2. The molecular formula is C29H29N5O3S. The van der Waals surface area contributed by atoms with Crippen LogP contribution < -0.4 is 10.2 Å². The molecule has 0 aliphatic carbocycles. The third kappa shape index (κ3) is 6.41. The van der Waals surface area contributed by atoms with Gasteiger partial charge in [0.05, 0.1) is 18.5 Å². The van der Waals surface area contributed by atoms with E-state index < -0.39 is 0 Å². The maximum atomic E-state index is 12.6. The fourth-order valence-electron chi connectivity index (χ4n) is 4.28. The minimum Gasteiger partial charge on any atom is -0.467 e. The summed E-state index contributed by atoms with van der Waals surface area (Å²) in [7, 11) is 0. The van der Waals surface area contributed by atoms with Crippen LogP contribution in [-0.4, -0.2) is 52.9 Å². The molecule has 9 heteroatoms. The first kappa shape index (κ1) is 25.5. The first-order chi connectivity index (χ1) is 18.5. The molecule has 0 atom stereocenters. The van der Waals surface area contributed by atoms with Gasteiger partial charge in [0.15, 0.2) is 5.16 Å². The quantitative estimate of drug-likeness (QED) is 0.264. The molecular weight excluding hydrogens is 498 g/mol. The van der Waals surface area contributed by atoms with E-state index in [2.05, 4.69) is 10.2 Å². The average Bonchev–Trinajstić information content (AvgIpc) is 3.49. The van der Waals surface area contributed by atoms with Crippen LogP contribution in [0.3, 0.4) is 0 Å². The Kier molecular flexibility index (Phi) is 8.04. The second-order valence-corrected chi connectivity index (χ2v) is 9.95. The van der Waals surface area contributed by atoms with Gasteiger partial charge < -0.3 is 19.5 Å². The molecule has 38 heavy (non-hydrogen) atoms. The van der Waals surface area contributed by atoms with Crippen LogP contribution in [0.1, 0.15) is 28.6 Å². The number of hydrogen-bond donors (Lipinski definition) is 1. The topological polar surface area (TPSA) is 91.6 Å². The Bertz CT molecular complexity index is 1390. The van der Waals surface area contributed by atoms with Crippen molar-refractivity contribution in [2.45, 2.75) is 24.4 Å². The standard InChI is InChI=1S/C29H29N5O3S/c1-21(35)33-12-14-34(15-13-33)27-18-26(23-8-3-2-4-9-23)31-29(32-27)38-20-22-7-5-10-24(17-22)28(36)30-19-25-11-6-16-37-25/h2-11,16-18H,12-15,19-20H2,1H3,(H,30,36). The van der Waals surface area contributed by atoms with Gasteiger partial charge in [-0.3, -0.25) is 9.59 Å². The van der Waals surface area contributed by atoms with Crippen LogP contribution in [0.15, 0.2) is 88.6 Å². The van der Waals surface area contributed by atoms with E-state index in [4.69, 9.17) is 14.4 Å². The van der Waals surface area contributed by atoms with Crippen LogP contribution in [-0.2, 0) is 17.1 Å². The van der Waals surface area contributed by atoms with Crippen LogP contribution in [0.5, 0.6) is 0 Å². The number of rotatable bonds is 8.